The summed E-state index contributed by atoms with van der Waals surface area (Å²) < 4.78 is 1.61. The van der Waals surface area contributed by atoms with Gasteiger partial charge in [0.05, 0.1) is 12.3 Å². The molecular formula is C12H21N3O2. The van der Waals surface area contributed by atoms with Crippen LogP contribution >= 0.6 is 0 Å². The standard InChI is InChI=1S/C12H21N3O2/c1-4-6-15(7-8-16)12(17)11-9-10(5-2)13-14(11)3/h9,16H,4-8H2,1-3H3. The zero-order chi connectivity index (χ0) is 12.8. The molecule has 1 rings (SSSR count). The van der Waals surface area contributed by atoms with Crippen molar-refractivity contribution in [3.05, 3.63) is 17.5 Å². The SMILES string of the molecule is CCCN(CCO)C(=O)c1cc(CC)nn1C. The summed E-state index contributed by atoms with van der Waals surface area (Å²) in [7, 11) is 1.77. The van der Waals surface area contributed by atoms with Gasteiger partial charge in [-0.1, -0.05) is 13.8 Å². The van der Waals surface area contributed by atoms with Crippen LogP contribution in [0.2, 0.25) is 0 Å². The average Bonchev–Trinajstić information content (AvgIpc) is 2.69. The Kier molecular flexibility index (Phi) is 5.15. The van der Waals surface area contributed by atoms with Gasteiger partial charge in [0.1, 0.15) is 5.69 Å². The summed E-state index contributed by atoms with van der Waals surface area (Å²) in [5, 5.41) is 13.2. The van der Waals surface area contributed by atoms with E-state index in [2.05, 4.69) is 5.10 Å². The second kappa shape index (κ2) is 6.39. The smallest absolute Gasteiger partial charge is 0.272 e. The fourth-order valence-corrected chi connectivity index (χ4v) is 1.77. The van der Waals surface area contributed by atoms with Crippen LogP contribution in [0.15, 0.2) is 6.07 Å². The zero-order valence-corrected chi connectivity index (χ0v) is 10.8. The van der Waals surface area contributed by atoms with E-state index in [9.17, 15) is 4.79 Å². The first kappa shape index (κ1) is 13.7. The number of hydrogen-bond donors (Lipinski definition) is 1. The number of aryl methyl sites for hydroxylation is 2. The van der Waals surface area contributed by atoms with Gasteiger partial charge in [0.25, 0.3) is 5.91 Å². The molecule has 0 aliphatic heterocycles. The maximum atomic E-state index is 12.2. The Morgan fingerprint density at radius 2 is 2.18 bits per heavy atom. The molecule has 0 saturated carbocycles. The number of amides is 1. The van der Waals surface area contributed by atoms with Crippen LogP contribution in [0, 0.1) is 0 Å². The van der Waals surface area contributed by atoms with E-state index >= 15 is 0 Å². The normalized spacial score (nSPS) is 10.6. The van der Waals surface area contributed by atoms with Crippen molar-refractivity contribution < 1.29 is 9.90 Å². The molecule has 1 aromatic heterocycles. The maximum absolute atomic E-state index is 12.2. The van der Waals surface area contributed by atoms with E-state index < -0.39 is 0 Å². The highest BCUT2D eigenvalue weighted by Crippen LogP contribution is 2.08. The van der Waals surface area contributed by atoms with Crippen molar-refractivity contribution >= 4 is 5.91 Å². The number of rotatable bonds is 6. The number of aromatic nitrogens is 2. The Hall–Kier alpha value is -1.36. The molecule has 1 N–H and O–H groups in total. The van der Waals surface area contributed by atoms with Crippen LogP contribution in [0.1, 0.15) is 36.5 Å². The molecule has 5 nitrogen and oxygen atoms in total. The van der Waals surface area contributed by atoms with Gasteiger partial charge in [-0.15, -0.1) is 0 Å². The molecule has 1 heterocycles. The topological polar surface area (TPSA) is 58.4 Å². The van der Waals surface area contributed by atoms with Crippen LogP contribution in [0.5, 0.6) is 0 Å². The summed E-state index contributed by atoms with van der Waals surface area (Å²) in [4.78, 5) is 13.9. The number of nitrogens with zero attached hydrogens (tertiary/aromatic N) is 3. The highest BCUT2D eigenvalue weighted by molar-refractivity contribution is 5.92. The summed E-state index contributed by atoms with van der Waals surface area (Å²) in [5.41, 5.74) is 1.50. The monoisotopic (exact) mass is 239 g/mol. The van der Waals surface area contributed by atoms with Crippen LogP contribution in [-0.4, -0.2) is 45.4 Å². The summed E-state index contributed by atoms with van der Waals surface area (Å²) in [6.07, 6.45) is 1.69. The van der Waals surface area contributed by atoms with E-state index in [-0.39, 0.29) is 12.5 Å². The predicted octanol–water partition coefficient (Wildman–Crippen LogP) is 0.827. The fourth-order valence-electron chi connectivity index (χ4n) is 1.77. The lowest BCUT2D eigenvalue weighted by atomic mass is 10.2. The average molecular weight is 239 g/mol. The minimum Gasteiger partial charge on any atom is -0.395 e. The third-order valence-electron chi connectivity index (χ3n) is 2.66. The Morgan fingerprint density at radius 3 is 2.65 bits per heavy atom. The minimum absolute atomic E-state index is 0.00970. The predicted molar refractivity (Wildman–Crippen MR) is 65.9 cm³/mol. The lowest BCUT2D eigenvalue weighted by Gasteiger charge is -2.20. The van der Waals surface area contributed by atoms with Crippen molar-refractivity contribution in [2.24, 2.45) is 7.05 Å². The van der Waals surface area contributed by atoms with E-state index in [1.807, 2.05) is 19.9 Å². The van der Waals surface area contributed by atoms with Gasteiger partial charge >= 0.3 is 0 Å². The molecule has 0 saturated heterocycles. The van der Waals surface area contributed by atoms with E-state index in [1.165, 1.54) is 0 Å². The first-order chi connectivity index (χ1) is 8.13. The molecule has 0 aliphatic rings. The molecule has 17 heavy (non-hydrogen) atoms. The summed E-state index contributed by atoms with van der Waals surface area (Å²) >= 11 is 0. The Bertz CT molecular complexity index is 368. The molecule has 0 aliphatic carbocycles. The third kappa shape index (κ3) is 3.30. The third-order valence-corrected chi connectivity index (χ3v) is 2.66. The second-order valence-electron chi connectivity index (χ2n) is 4.01. The van der Waals surface area contributed by atoms with Crippen LogP contribution in [0.4, 0.5) is 0 Å². The molecule has 0 unspecified atom stereocenters. The van der Waals surface area contributed by atoms with Crippen molar-refractivity contribution in [3.8, 4) is 0 Å². The highest BCUT2D eigenvalue weighted by atomic mass is 16.3. The summed E-state index contributed by atoms with van der Waals surface area (Å²) in [6.45, 7) is 5.04. The Balaban J connectivity index is 2.87. The Labute approximate surface area is 102 Å². The zero-order valence-electron chi connectivity index (χ0n) is 10.8. The van der Waals surface area contributed by atoms with Crippen molar-refractivity contribution in [2.45, 2.75) is 26.7 Å². The number of aliphatic hydroxyl groups excluding tert-OH is 1. The molecule has 0 radical (unpaired) electrons. The van der Waals surface area contributed by atoms with E-state index in [1.54, 1.807) is 16.6 Å². The van der Waals surface area contributed by atoms with Gasteiger partial charge in [-0.3, -0.25) is 9.48 Å². The van der Waals surface area contributed by atoms with Crippen molar-refractivity contribution in [2.75, 3.05) is 19.7 Å². The van der Waals surface area contributed by atoms with Gasteiger partial charge in [-0.25, -0.2) is 0 Å². The molecule has 0 aromatic carbocycles. The first-order valence-corrected chi connectivity index (χ1v) is 6.07. The van der Waals surface area contributed by atoms with Gasteiger partial charge in [0.15, 0.2) is 0 Å². The van der Waals surface area contributed by atoms with Crippen molar-refractivity contribution in [1.29, 1.82) is 0 Å². The quantitative estimate of drug-likeness (QED) is 0.800. The molecule has 0 bridgehead atoms. The van der Waals surface area contributed by atoms with Gasteiger partial charge in [0.2, 0.25) is 0 Å². The van der Waals surface area contributed by atoms with Gasteiger partial charge in [-0.2, -0.15) is 5.10 Å². The van der Waals surface area contributed by atoms with Crippen LogP contribution in [0.25, 0.3) is 0 Å². The van der Waals surface area contributed by atoms with Crippen molar-refractivity contribution in [3.63, 3.8) is 0 Å². The highest BCUT2D eigenvalue weighted by Gasteiger charge is 2.18. The van der Waals surface area contributed by atoms with Crippen LogP contribution in [-0.2, 0) is 13.5 Å². The molecule has 0 spiro atoms. The lowest BCUT2D eigenvalue weighted by molar-refractivity contribution is 0.0711. The number of carbonyl (C=O) groups excluding carboxylic acids is 1. The van der Waals surface area contributed by atoms with Gasteiger partial charge < -0.3 is 10.0 Å². The summed E-state index contributed by atoms with van der Waals surface area (Å²) in [5.74, 6) is -0.0596. The molecule has 96 valence electrons. The van der Waals surface area contributed by atoms with Crippen molar-refractivity contribution in [1.82, 2.24) is 14.7 Å². The number of aliphatic hydroxyl groups is 1. The first-order valence-electron chi connectivity index (χ1n) is 6.07. The van der Waals surface area contributed by atoms with Crippen LogP contribution < -0.4 is 0 Å². The maximum Gasteiger partial charge on any atom is 0.272 e. The van der Waals surface area contributed by atoms with Crippen LogP contribution in [0.3, 0.4) is 0 Å². The number of carbonyl (C=O) groups is 1. The number of hydrogen-bond acceptors (Lipinski definition) is 3. The molecular weight excluding hydrogens is 218 g/mol. The van der Waals surface area contributed by atoms with Gasteiger partial charge in [-0.05, 0) is 18.9 Å². The fraction of sp³-hybridized carbons (Fsp3) is 0.667. The second-order valence-corrected chi connectivity index (χ2v) is 4.01. The lowest BCUT2D eigenvalue weighted by Crippen LogP contribution is -2.35. The van der Waals surface area contributed by atoms with E-state index in [0.29, 0.717) is 18.8 Å². The van der Waals surface area contributed by atoms with E-state index in [0.717, 1.165) is 18.5 Å². The Morgan fingerprint density at radius 1 is 1.47 bits per heavy atom. The molecule has 1 amide bonds. The molecule has 5 heteroatoms. The molecule has 0 atom stereocenters. The molecule has 0 fully saturated rings. The largest absolute Gasteiger partial charge is 0.395 e. The van der Waals surface area contributed by atoms with E-state index in [4.69, 9.17) is 5.11 Å². The molecule has 1 aromatic rings. The van der Waals surface area contributed by atoms with Gasteiger partial charge in [0, 0.05) is 20.1 Å². The minimum atomic E-state index is -0.0596. The summed E-state index contributed by atoms with van der Waals surface area (Å²) in [6, 6.07) is 1.82.